The molecule has 0 aliphatic rings. The maximum atomic E-state index is 7.33. The van der Waals surface area contributed by atoms with Crippen molar-refractivity contribution in [2.75, 3.05) is 0 Å². The van der Waals surface area contributed by atoms with Gasteiger partial charge in [-0.15, -0.1) is 0 Å². The van der Waals surface area contributed by atoms with Crippen molar-refractivity contribution in [1.29, 1.82) is 5.41 Å². The standard InChI is InChI=1S/CH6N4.H5O4P/c2-1(3)5-4;1-5(2,3)4/h4H2,(H4,2,3,5);1-5H. The van der Waals surface area contributed by atoms with E-state index in [9.17, 15) is 0 Å². The Morgan fingerprint density at radius 1 is 1.30 bits per heavy atom. The van der Waals surface area contributed by atoms with Crippen molar-refractivity contribution in [2.45, 2.75) is 0 Å². The van der Waals surface area contributed by atoms with E-state index >= 15 is 0 Å². The molecule has 0 rings (SSSR count). The van der Waals surface area contributed by atoms with Crippen molar-refractivity contribution >= 4 is 14.1 Å². The third-order valence-corrected chi connectivity index (χ3v) is 0.156. The monoisotopic (exact) mass is 174 g/mol. The van der Waals surface area contributed by atoms with Crippen molar-refractivity contribution in [1.82, 2.24) is 5.43 Å². The van der Waals surface area contributed by atoms with Crippen LogP contribution in [0.15, 0.2) is 0 Å². The zero-order valence-electron chi connectivity index (χ0n) is 4.94. The van der Waals surface area contributed by atoms with E-state index in [4.69, 9.17) is 25.0 Å². The molecule has 0 amide bonds. The van der Waals surface area contributed by atoms with E-state index < -0.39 is 8.17 Å². The average Bonchev–Trinajstić information content (AvgIpc) is 1.61. The van der Waals surface area contributed by atoms with Gasteiger partial charge in [-0.05, 0) is 0 Å². The van der Waals surface area contributed by atoms with Crippen LogP contribution in [-0.2, 0) is 0 Å². The summed E-state index contributed by atoms with van der Waals surface area (Å²) in [5.41, 5.74) is 6.53. The molecule has 0 aromatic rings. The summed E-state index contributed by atoms with van der Waals surface area (Å²) in [4.78, 5) is 29.3. The zero-order chi connectivity index (χ0) is 8.78. The van der Waals surface area contributed by atoms with Crippen LogP contribution in [0.2, 0.25) is 0 Å². The molecule has 0 saturated carbocycles. The average molecular weight is 174 g/mol. The van der Waals surface area contributed by atoms with E-state index in [2.05, 4.69) is 11.6 Å². The van der Waals surface area contributed by atoms with Crippen LogP contribution in [-0.4, -0.2) is 25.5 Å². The topological polar surface area (TPSA) is 169 Å². The second-order valence-corrected chi connectivity index (χ2v) is 2.36. The van der Waals surface area contributed by atoms with Gasteiger partial charge in [-0.3, -0.25) is 10.8 Å². The first-order chi connectivity index (χ1) is 4.27. The minimum atomic E-state index is -4.61. The van der Waals surface area contributed by atoms with Gasteiger partial charge in [0.1, 0.15) is 0 Å². The molecule has 0 aromatic carbocycles. The van der Waals surface area contributed by atoms with Crippen LogP contribution in [0.25, 0.3) is 0 Å². The van der Waals surface area contributed by atoms with Crippen molar-refractivity contribution in [3.63, 3.8) is 0 Å². The molecule has 0 fully saturated rings. The van der Waals surface area contributed by atoms with Crippen LogP contribution in [0.5, 0.6) is 0 Å². The molecule has 0 aliphatic heterocycles. The molecule has 10 N–H and O–H groups in total. The molecule has 0 aromatic heterocycles. The summed E-state index contributed by atoms with van der Waals surface area (Å²) < 4.78 is 0. The van der Waals surface area contributed by atoms with Gasteiger partial charge in [0.15, 0.2) is 5.96 Å². The molecule has 0 atom stereocenters. The van der Waals surface area contributed by atoms with E-state index in [1.165, 1.54) is 0 Å². The Kier molecular flexibility index (Phi) is 6.46. The summed E-state index contributed by atoms with van der Waals surface area (Å²) in [7, 11) is -4.61. The van der Waals surface area contributed by atoms with Gasteiger partial charge in [-0.1, -0.05) is 0 Å². The summed E-state index contributed by atoms with van der Waals surface area (Å²) >= 11 is 0. The van der Waals surface area contributed by atoms with E-state index in [1.54, 1.807) is 0 Å². The molecular weight excluding hydrogens is 163 g/mol. The van der Waals surface area contributed by atoms with E-state index in [0.717, 1.165) is 0 Å². The van der Waals surface area contributed by atoms with Gasteiger partial charge in [0.25, 0.3) is 0 Å². The molecule has 0 radical (unpaired) electrons. The quantitative estimate of drug-likeness (QED) is 0.0625. The third-order valence-electron chi connectivity index (χ3n) is 0.156. The molecule has 10 heavy (non-hydrogen) atoms. The van der Waals surface area contributed by atoms with Crippen molar-refractivity contribution in [3.05, 3.63) is 0 Å². The van der Waals surface area contributed by atoms with Crippen molar-refractivity contribution in [3.8, 4) is 0 Å². The van der Waals surface area contributed by atoms with Gasteiger partial charge >= 0.3 is 27.7 Å². The zero-order valence-corrected chi connectivity index (χ0v) is 5.94. The summed E-state index contributed by atoms with van der Waals surface area (Å²) in [6.45, 7) is 0. The SMILES string of the molecule is N=C(N)NN.O[PH](O)(O)O. The van der Waals surface area contributed by atoms with Crippen LogP contribution >= 0.6 is 8.17 Å². The first kappa shape index (κ1) is 12.2. The molecule has 64 valence electrons. The Hall–Kier alpha value is -0.500. The molecular formula is CH11N4O4P. The second kappa shape index (κ2) is 5.30. The third kappa shape index (κ3) is 141. The van der Waals surface area contributed by atoms with Crippen LogP contribution in [0.4, 0.5) is 0 Å². The fraction of sp³-hybridized carbons (Fsp3) is 0. The van der Waals surface area contributed by atoms with Gasteiger partial charge in [0.2, 0.25) is 0 Å². The van der Waals surface area contributed by atoms with Crippen LogP contribution in [0, 0.1) is 5.41 Å². The van der Waals surface area contributed by atoms with E-state index in [0.29, 0.717) is 0 Å². The molecule has 0 bridgehead atoms. The molecule has 0 spiro atoms. The van der Waals surface area contributed by atoms with Crippen molar-refractivity contribution in [2.24, 2.45) is 11.6 Å². The number of guanidine groups is 1. The predicted octanol–water partition coefficient (Wildman–Crippen LogP) is -3.29. The number of nitrogens with two attached hydrogens (primary N) is 2. The van der Waals surface area contributed by atoms with Crippen LogP contribution in [0.3, 0.4) is 0 Å². The normalized spacial score (nSPS) is 10.9. The number of hydrazine groups is 1. The Balaban J connectivity index is 0. The summed E-state index contributed by atoms with van der Waals surface area (Å²) in [5.74, 6) is 4.35. The van der Waals surface area contributed by atoms with Gasteiger partial charge in [0.05, 0.1) is 0 Å². The van der Waals surface area contributed by atoms with Gasteiger partial charge in [-0.2, -0.15) is 0 Å². The van der Waals surface area contributed by atoms with Gasteiger partial charge < -0.3 is 5.73 Å². The Morgan fingerprint density at radius 3 is 1.40 bits per heavy atom. The maximum absolute atomic E-state index is 7.33. The number of rotatable bonds is 0. The van der Waals surface area contributed by atoms with E-state index in [-0.39, 0.29) is 5.96 Å². The van der Waals surface area contributed by atoms with Gasteiger partial charge in [-0.25, -0.2) is 5.84 Å². The molecule has 0 unspecified atom stereocenters. The number of nitrogens with one attached hydrogen (secondary N) is 2. The minimum absolute atomic E-state index is 0.218. The summed E-state index contributed by atoms with van der Waals surface area (Å²) in [5, 5.41) is 6.28. The second-order valence-electron chi connectivity index (χ2n) is 1.16. The molecule has 0 heterocycles. The predicted molar refractivity (Wildman–Crippen MR) is 36.4 cm³/mol. The fourth-order valence-electron chi connectivity index (χ4n) is 0. The number of hydrogen-bond donors (Lipinski definition) is 8. The molecule has 0 saturated heterocycles. The molecule has 8 nitrogen and oxygen atoms in total. The molecule has 0 aliphatic carbocycles. The Morgan fingerprint density at radius 2 is 1.40 bits per heavy atom. The first-order valence-electron chi connectivity index (χ1n) is 1.97. The van der Waals surface area contributed by atoms with E-state index in [1.807, 2.05) is 5.43 Å². The number of hydrogen-bond acceptors (Lipinski definition) is 6. The van der Waals surface area contributed by atoms with Crippen LogP contribution < -0.4 is 17.0 Å². The summed E-state index contributed by atoms with van der Waals surface area (Å²) in [6, 6.07) is 0. The fourth-order valence-corrected chi connectivity index (χ4v) is 0. The first-order valence-corrected chi connectivity index (χ1v) is 3.76. The Labute approximate surface area is 57.2 Å². The van der Waals surface area contributed by atoms with Crippen molar-refractivity contribution < 1.29 is 19.6 Å². The van der Waals surface area contributed by atoms with Crippen LogP contribution in [0.1, 0.15) is 0 Å². The molecule has 9 heteroatoms. The Bertz CT molecular complexity index is 93.9. The van der Waals surface area contributed by atoms with Gasteiger partial charge in [0, 0.05) is 0 Å². The summed E-state index contributed by atoms with van der Waals surface area (Å²) in [6.07, 6.45) is 0.